The van der Waals surface area contributed by atoms with E-state index in [-0.39, 0.29) is 0 Å². The van der Waals surface area contributed by atoms with E-state index in [4.69, 9.17) is 15.3 Å². The van der Waals surface area contributed by atoms with E-state index in [9.17, 15) is 13.2 Å². The molecule has 1 aromatic carbocycles. The molecule has 108 valence electrons. The van der Waals surface area contributed by atoms with Crippen molar-refractivity contribution in [1.82, 2.24) is 5.43 Å². The van der Waals surface area contributed by atoms with Crippen molar-refractivity contribution in [2.45, 2.75) is 25.4 Å². The average molecular weight is 278 g/mol. The molecule has 0 aliphatic rings. The van der Waals surface area contributed by atoms with Crippen molar-refractivity contribution in [3.05, 3.63) is 34.9 Å². The minimum absolute atomic E-state index is 0.455. The van der Waals surface area contributed by atoms with Crippen LogP contribution in [0.3, 0.4) is 0 Å². The van der Waals surface area contributed by atoms with Gasteiger partial charge in [-0.3, -0.25) is 5.84 Å². The van der Waals surface area contributed by atoms with Crippen LogP contribution in [0.25, 0.3) is 0 Å². The molecule has 4 nitrogen and oxygen atoms in total. The number of ether oxygens (including phenoxy) is 2. The SMILES string of the molecule is COC(OC)C(NN)c1ccc(C(F)(F)F)cc1C. The highest BCUT2D eigenvalue weighted by Crippen LogP contribution is 2.32. The lowest BCUT2D eigenvalue weighted by atomic mass is 9.98. The Kier molecular flexibility index (Phi) is 5.30. The van der Waals surface area contributed by atoms with E-state index in [1.807, 2.05) is 0 Å². The second kappa shape index (κ2) is 6.33. The molecule has 0 spiro atoms. The molecule has 0 aliphatic carbocycles. The van der Waals surface area contributed by atoms with Crippen LogP contribution in [-0.4, -0.2) is 20.5 Å². The highest BCUT2D eigenvalue weighted by Gasteiger charge is 2.32. The van der Waals surface area contributed by atoms with Gasteiger partial charge in [-0.05, 0) is 30.2 Å². The van der Waals surface area contributed by atoms with Crippen LogP contribution < -0.4 is 11.3 Å². The van der Waals surface area contributed by atoms with E-state index < -0.39 is 24.1 Å². The molecule has 0 radical (unpaired) electrons. The first-order valence-corrected chi connectivity index (χ1v) is 5.54. The van der Waals surface area contributed by atoms with Crippen LogP contribution in [0.15, 0.2) is 18.2 Å². The number of methoxy groups -OCH3 is 2. The maximum absolute atomic E-state index is 12.6. The maximum atomic E-state index is 12.6. The number of rotatable bonds is 5. The zero-order valence-corrected chi connectivity index (χ0v) is 10.9. The van der Waals surface area contributed by atoms with Crippen LogP contribution in [0.2, 0.25) is 0 Å². The molecule has 0 heterocycles. The Morgan fingerprint density at radius 3 is 2.16 bits per heavy atom. The summed E-state index contributed by atoms with van der Waals surface area (Å²) in [6.07, 6.45) is -5.06. The van der Waals surface area contributed by atoms with Crippen molar-refractivity contribution in [3.63, 3.8) is 0 Å². The van der Waals surface area contributed by atoms with Crippen molar-refractivity contribution in [2.24, 2.45) is 5.84 Å². The van der Waals surface area contributed by atoms with E-state index in [0.717, 1.165) is 12.1 Å². The molecule has 0 fully saturated rings. The molecule has 7 heteroatoms. The number of aryl methyl sites for hydroxylation is 1. The molecule has 0 saturated carbocycles. The molecule has 1 unspecified atom stereocenters. The zero-order valence-electron chi connectivity index (χ0n) is 10.9. The second-order valence-electron chi connectivity index (χ2n) is 4.05. The fourth-order valence-corrected chi connectivity index (χ4v) is 1.88. The van der Waals surface area contributed by atoms with Crippen LogP contribution in [0.1, 0.15) is 22.7 Å². The lowest BCUT2D eigenvalue weighted by molar-refractivity contribution is -0.137. The first-order valence-electron chi connectivity index (χ1n) is 5.54. The van der Waals surface area contributed by atoms with E-state index >= 15 is 0 Å². The van der Waals surface area contributed by atoms with Crippen LogP contribution in [0, 0.1) is 6.92 Å². The highest BCUT2D eigenvalue weighted by atomic mass is 19.4. The molecule has 1 rings (SSSR count). The average Bonchev–Trinajstić information content (AvgIpc) is 2.35. The van der Waals surface area contributed by atoms with Gasteiger partial charge in [0.15, 0.2) is 6.29 Å². The summed E-state index contributed by atoms with van der Waals surface area (Å²) >= 11 is 0. The van der Waals surface area contributed by atoms with Gasteiger partial charge >= 0.3 is 6.18 Å². The Morgan fingerprint density at radius 1 is 1.21 bits per heavy atom. The van der Waals surface area contributed by atoms with Gasteiger partial charge in [-0.1, -0.05) is 6.07 Å². The number of benzene rings is 1. The molecule has 0 bridgehead atoms. The van der Waals surface area contributed by atoms with Gasteiger partial charge in [0.2, 0.25) is 0 Å². The number of hydrogen-bond acceptors (Lipinski definition) is 4. The minimum atomic E-state index is -4.36. The lowest BCUT2D eigenvalue weighted by Gasteiger charge is -2.26. The Balaban J connectivity index is 3.13. The fourth-order valence-electron chi connectivity index (χ4n) is 1.88. The molecule has 1 atom stereocenters. The van der Waals surface area contributed by atoms with Gasteiger partial charge in [-0.15, -0.1) is 0 Å². The number of halogens is 3. The largest absolute Gasteiger partial charge is 0.416 e. The summed E-state index contributed by atoms with van der Waals surface area (Å²) in [5.41, 5.74) is 2.83. The van der Waals surface area contributed by atoms with E-state index in [1.165, 1.54) is 20.3 Å². The second-order valence-corrected chi connectivity index (χ2v) is 4.05. The van der Waals surface area contributed by atoms with Gasteiger partial charge in [0.25, 0.3) is 0 Å². The van der Waals surface area contributed by atoms with Crippen molar-refractivity contribution in [3.8, 4) is 0 Å². The molecule has 3 N–H and O–H groups in total. The number of hydrogen-bond donors (Lipinski definition) is 2. The summed E-state index contributed by atoms with van der Waals surface area (Å²) < 4.78 is 47.9. The smallest absolute Gasteiger partial charge is 0.354 e. The van der Waals surface area contributed by atoms with Gasteiger partial charge < -0.3 is 9.47 Å². The Hall–Kier alpha value is -1.15. The first-order chi connectivity index (χ1) is 8.85. The normalized spacial score (nSPS) is 13.9. The standard InChI is InChI=1S/C12H17F3N2O2/c1-7-6-8(12(13,14)15)4-5-9(7)10(17-16)11(18-2)19-3/h4-6,10-11,17H,16H2,1-3H3. The third-order valence-corrected chi connectivity index (χ3v) is 2.85. The van der Waals surface area contributed by atoms with E-state index in [0.29, 0.717) is 11.1 Å². The highest BCUT2D eigenvalue weighted by molar-refractivity contribution is 5.35. The summed E-state index contributed by atoms with van der Waals surface area (Å²) in [5.74, 6) is 5.42. The molecule has 0 aromatic heterocycles. The number of hydrazine groups is 1. The quantitative estimate of drug-likeness (QED) is 0.492. The van der Waals surface area contributed by atoms with Crippen LogP contribution in [-0.2, 0) is 15.7 Å². The number of alkyl halides is 3. The zero-order chi connectivity index (χ0) is 14.6. The number of nitrogens with two attached hydrogens (primary N) is 1. The van der Waals surface area contributed by atoms with Crippen LogP contribution in [0.5, 0.6) is 0 Å². The van der Waals surface area contributed by atoms with Crippen molar-refractivity contribution >= 4 is 0 Å². The third kappa shape index (κ3) is 3.66. The summed E-state index contributed by atoms with van der Waals surface area (Å²) in [6, 6.07) is 2.89. The van der Waals surface area contributed by atoms with Gasteiger partial charge in [0.05, 0.1) is 11.6 Å². The van der Waals surface area contributed by atoms with Crippen molar-refractivity contribution in [1.29, 1.82) is 0 Å². The Labute approximate surface area is 109 Å². The molecule has 0 amide bonds. The van der Waals surface area contributed by atoms with Gasteiger partial charge in [-0.2, -0.15) is 13.2 Å². The maximum Gasteiger partial charge on any atom is 0.416 e. The minimum Gasteiger partial charge on any atom is -0.354 e. The van der Waals surface area contributed by atoms with Crippen LogP contribution in [0.4, 0.5) is 13.2 Å². The lowest BCUT2D eigenvalue weighted by Crippen LogP contribution is -2.39. The van der Waals surface area contributed by atoms with Gasteiger partial charge in [0.1, 0.15) is 0 Å². The summed E-state index contributed by atoms with van der Waals surface area (Å²) in [7, 11) is 2.86. The monoisotopic (exact) mass is 278 g/mol. The summed E-state index contributed by atoms with van der Waals surface area (Å²) in [4.78, 5) is 0. The van der Waals surface area contributed by atoms with Crippen molar-refractivity contribution in [2.75, 3.05) is 14.2 Å². The fraction of sp³-hybridized carbons (Fsp3) is 0.500. The third-order valence-electron chi connectivity index (χ3n) is 2.85. The number of nitrogens with one attached hydrogen (secondary N) is 1. The molecule has 19 heavy (non-hydrogen) atoms. The predicted molar refractivity (Wildman–Crippen MR) is 64.1 cm³/mol. The first kappa shape index (κ1) is 15.9. The van der Waals surface area contributed by atoms with Crippen molar-refractivity contribution < 1.29 is 22.6 Å². The van der Waals surface area contributed by atoms with Crippen LogP contribution >= 0.6 is 0 Å². The van der Waals surface area contributed by atoms with E-state index in [2.05, 4.69) is 5.43 Å². The Morgan fingerprint density at radius 2 is 1.79 bits per heavy atom. The summed E-state index contributed by atoms with van der Waals surface area (Å²) in [6.45, 7) is 1.58. The predicted octanol–water partition coefficient (Wildman–Crippen LogP) is 2.14. The molecular weight excluding hydrogens is 261 g/mol. The molecular formula is C12H17F3N2O2. The molecule has 1 aromatic rings. The van der Waals surface area contributed by atoms with Gasteiger partial charge in [-0.25, -0.2) is 5.43 Å². The molecule has 0 aliphatic heterocycles. The topological polar surface area (TPSA) is 56.5 Å². The summed E-state index contributed by atoms with van der Waals surface area (Å²) in [5, 5.41) is 0. The Bertz CT molecular complexity index is 420. The van der Waals surface area contributed by atoms with Gasteiger partial charge in [0, 0.05) is 14.2 Å². The van der Waals surface area contributed by atoms with E-state index in [1.54, 1.807) is 6.92 Å². The molecule has 0 saturated heterocycles.